The molecule has 1 fully saturated rings. The number of benzene rings is 1. The smallest absolute Gasteiger partial charge is 0.341 e. The summed E-state index contributed by atoms with van der Waals surface area (Å²) < 4.78 is 10.3. The predicted octanol–water partition coefficient (Wildman–Crippen LogP) is 2.73. The Kier molecular flexibility index (Phi) is 4.54. The van der Waals surface area contributed by atoms with Crippen LogP contribution in [0, 0.1) is 6.92 Å². The average Bonchev–Trinajstić information content (AvgIpc) is 3.15. The van der Waals surface area contributed by atoms with Gasteiger partial charge in [-0.3, -0.25) is 9.69 Å². The second-order valence-electron chi connectivity index (χ2n) is 6.29. The summed E-state index contributed by atoms with van der Waals surface area (Å²) in [6.07, 6.45) is 1.33. The minimum Gasteiger partial charge on any atom is -0.467 e. The summed E-state index contributed by atoms with van der Waals surface area (Å²) in [5, 5.41) is 2.73. The van der Waals surface area contributed by atoms with E-state index in [0.29, 0.717) is 5.56 Å². The van der Waals surface area contributed by atoms with Gasteiger partial charge in [0, 0.05) is 0 Å². The van der Waals surface area contributed by atoms with Crippen LogP contribution < -0.4 is 5.32 Å². The van der Waals surface area contributed by atoms with E-state index in [1.54, 1.807) is 13.8 Å². The van der Waals surface area contributed by atoms with Gasteiger partial charge in [0.1, 0.15) is 16.9 Å². The van der Waals surface area contributed by atoms with Crippen molar-refractivity contribution in [2.45, 2.75) is 32.9 Å². The number of hydrogen-bond acceptors (Lipinski definition) is 5. The summed E-state index contributed by atoms with van der Waals surface area (Å²) >= 11 is 0. The normalized spacial score (nSPS) is 19.6. The van der Waals surface area contributed by atoms with Gasteiger partial charge in [0.05, 0.1) is 19.4 Å². The van der Waals surface area contributed by atoms with Crippen molar-refractivity contribution in [2.75, 3.05) is 6.61 Å². The topological polar surface area (TPSA) is 88.8 Å². The fraction of sp³-hybridized carbons (Fsp3) is 0.316. The largest absolute Gasteiger partial charge is 0.467 e. The number of imide groups is 1. The number of nitrogens with one attached hydrogen (secondary N) is 1. The number of nitrogens with zero attached hydrogens (tertiary/aromatic N) is 1. The zero-order valence-electron chi connectivity index (χ0n) is 14.9. The van der Waals surface area contributed by atoms with E-state index in [4.69, 9.17) is 9.15 Å². The number of carbonyl (C=O) groups excluding carboxylic acids is 3. The number of rotatable bonds is 5. The van der Waals surface area contributed by atoms with Gasteiger partial charge in [-0.15, -0.1) is 0 Å². The van der Waals surface area contributed by atoms with Gasteiger partial charge in [-0.2, -0.15) is 0 Å². The van der Waals surface area contributed by atoms with Crippen molar-refractivity contribution in [3.05, 3.63) is 59.0 Å². The van der Waals surface area contributed by atoms with Crippen LogP contribution in [-0.2, 0) is 21.6 Å². The van der Waals surface area contributed by atoms with Gasteiger partial charge in [-0.05, 0) is 32.4 Å². The number of furan rings is 1. The molecule has 0 unspecified atom stereocenters. The Balaban J connectivity index is 1.86. The van der Waals surface area contributed by atoms with E-state index in [0.717, 1.165) is 10.5 Å². The Labute approximate surface area is 150 Å². The lowest BCUT2D eigenvalue weighted by Gasteiger charge is -2.22. The molecule has 1 aromatic heterocycles. The van der Waals surface area contributed by atoms with Crippen molar-refractivity contribution >= 4 is 17.9 Å². The molecule has 3 rings (SSSR count). The third-order valence-electron chi connectivity index (χ3n) is 4.45. The molecule has 1 aromatic carbocycles. The number of hydrogen-bond donors (Lipinski definition) is 1. The molecule has 0 saturated carbocycles. The molecule has 0 spiro atoms. The summed E-state index contributed by atoms with van der Waals surface area (Å²) in [5.41, 5.74) is 0.785. The van der Waals surface area contributed by atoms with E-state index in [-0.39, 0.29) is 24.5 Å². The summed E-state index contributed by atoms with van der Waals surface area (Å²) in [5.74, 6) is -0.748. The van der Waals surface area contributed by atoms with Crippen molar-refractivity contribution in [3.63, 3.8) is 0 Å². The molecule has 1 atom stereocenters. The fourth-order valence-electron chi connectivity index (χ4n) is 2.92. The second kappa shape index (κ2) is 6.67. The highest BCUT2D eigenvalue weighted by Crippen LogP contribution is 2.30. The molecule has 0 aliphatic carbocycles. The lowest BCUT2D eigenvalue weighted by atomic mass is 9.91. The maximum Gasteiger partial charge on any atom is 0.341 e. The zero-order valence-corrected chi connectivity index (χ0v) is 14.9. The highest BCUT2D eigenvalue weighted by Gasteiger charge is 2.49. The van der Waals surface area contributed by atoms with Gasteiger partial charge in [0.15, 0.2) is 0 Å². The van der Waals surface area contributed by atoms with E-state index in [9.17, 15) is 14.4 Å². The maximum atomic E-state index is 12.9. The van der Waals surface area contributed by atoms with Crippen molar-refractivity contribution in [2.24, 2.45) is 0 Å². The Bertz CT molecular complexity index is 855. The number of urea groups is 1. The van der Waals surface area contributed by atoms with Gasteiger partial charge in [0.25, 0.3) is 5.91 Å². The monoisotopic (exact) mass is 356 g/mol. The number of esters is 1. The molecular weight excluding hydrogens is 336 g/mol. The van der Waals surface area contributed by atoms with Crippen LogP contribution in [0.4, 0.5) is 4.79 Å². The number of ether oxygens (including phenoxy) is 1. The molecule has 0 radical (unpaired) electrons. The average molecular weight is 356 g/mol. The Morgan fingerprint density at radius 3 is 2.58 bits per heavy atom. The summed E-state index contributed by atoms with van der Waals surface area (Å²) in [7, 11) is 0. The summed E-state index contributed by atoms with van der Waals surface area (Å²) in [6, 6.07) is 8.32. The Morgan fingerprint density at radius 2 is 1.92 bits per heavy atom. The van der Waals surface area contributed by atoms with Crippen LogP contribution >= 0.6 is 0 Å². The fourth-order valence-corrected chi connectivity index (χ4v) is 2.92. The van der Waals surface area contributed by atoms with Crippen LogP contribution in [0.5, 0.6) is 0 Å². The molecule has 7 heteroatoms. The van der Waals surface area contributed by atoms with Crippen molar-refractivity contribution < 1.29 is 23.5 Å². The lowest BCUT2D eigenvalue weighted by molar-refractivity contribution is -0.131. The van der Waals surface area contributed by atoms with Crippen molar-refractivity contribution in [3.8, 4) is 0 Å². The van der Waals surface area contributed by atoms with Gasteiger partial charge in [-0.1, -0.05) is 29.8 Å². The predicted molar refractivity (Wildman–Crippen MR) is 92.3 cm³/mol. The molecule has 7 nitrogen and oxygen atoms in total. The Hall–Kier alpha value is -3.09. The first-order valence-electron chi connectivity index (χ1n) is 8.31. The van der Waals surface area contributed by atoms with Crippen LogP contribution in [-0.4, -0.2) is 29.4 Å². The second-order valence-corrected chi connectivity index (χ2v) is 6.29. The standard InChI is InChI=1S/C19H20N2O5/c1-4-25-16(22)14-9-10-26-15(14)11-21-17(23)19(3,20-18(21)24)13-7-5-12(2)6-8-13/h5-10H,4,11H2,1-3H3,(H,20,24)/t19-/m1/s1. The van der Waals surface area contributed by atoms with Crippen LogP contribution in [0.3, 0.4) is 0 Å². The summed E-state index contributed by atoms with van der Waals surface area (Å²) in [6.45, 7) is 5.38. The van der Waals surface area contributed by atoms with Crippen LogP contribution in [0.15, 0.2) is 41.0 Å². The quantitative estimate of drug-likeness (QED) is 0.657. The van der Waals surface area contributed by atoms with E-state index >= 15 is 0 Å². The molecule has 1 aliphatic rings. The molecule has 136 valence electrons. The molecule has 3 amide bonds. The first-order chi connectivity index (χ1) is 12.4. The highest BCUT2D eigenvalue weighted by molar-refractivity contribution is 6.07. The molecule has 0 bridgehead atoms. The molecule has 2 aromatic rings. The van der Waals surface area contributed by atoms with Crippen molar-refractivity contribution in [1.82, 2.24) is 10.2 Å². The van der Waals surface area contributed by atoms with Gasteiger partial charge < -0.3 is 14.5 Å². The number of carbonyl (C=O) groups is 3. The lowest BCUT2D eigenvalue weighted by Crippen LogP contribution is -2.40. The molecular formula is C19H20N2O5. The van der Waals surface area contributed by atoms with Crippen LogP contribution in [0.2, 0.25) is 0 Å². The summed E-state index contributed by atoms with van der Waals surface area (Å²) in [4.78, 5) is 38.4. The van der Waals surface area contributed by atoms with Gasteiger partial charge >= 0.3 is 12.0 Å². The minimum atomic E-state index is -1.17. The highest BCUT2D eigenvalue weighted by atomic mass is 16.5. The zero-order chi connectivity index (χ0) is 18.9. The first-order valence-corrected chi connectivity index (χ1v) is 8.31. The van der Waals surface area contributed by atoms with Crippen molar-refractivity contribution in [1.29, 1.82) is 0 Å². The molecule has 1 N–H and O–H groups in total. The first kappa shape index (κ1) is 17.7. The van der Waals surface area contributed by atoms with Gasteiger partial charge in [0.2, 0.25) is 0 Å². The number of amides is 3. The molecule has 26 heavy (non-hydrogen) atoms. The van der Waals surface area contributed by atoms with Crippen LogP contribution in [0.25, 0.3) is 0 Å². The minimum absolute atomic E-state index is 0.146. The third-order valence-corrected chi connectivity index (χ3v) is 4.45. The van der Waals surface area contributed by atoms with Gasteiger partial charge in [-0.25, -0.2) is 9.59 Å². The maximum absolute atomic E-state index is 12.9. The Morgan fingerprint density at radius 1 is 1.23 bits per heavy atom. The third kappa shape index (κ3) is 2.96. The van der Waals surface area contributed by atoms with E-state index in [1.165, 1.54) is 12.3 Å². The molecule has 1 aliphatic heterocycles. The molecule has 1 saturated heterocycles. The molecule has 2 heterocycles. The number of aryl methyl sites for hydroxylation is 1. The van der Waals surface area contributed by atoms with E-state index in [2.05, 4.69) is 5.32 Å². The SMILES string of the molecule is CCOC(=O)c1ccoc1CN1C(=O)N[C@](C)(c2ccc(C)cc2)C1=O. The van der Waals surface area contributed by atoms with E-state index < -0.39 is 23.4 Å². The van der Waals surface area contributed by atoms with Crippen LogP contribution in [0.1, 0.15) is 41.1 Å². The van der Waals surface area contributed by atoms with E-state index in [1.807, 2.05) is 31.2 Å².